The standard InChI is InChI=1S/C12H18N2O2/c1-14(9-3-4-12(15)16-2)10-11-5-7-13-8-6-11/h5-8H,3-4,9-10H2,1-2H3. The number of hydrogen-bond donors (Lipinski definition) is 0. The van der Waals surface area contributed by atoms with Crippen LogP contribution in [0.25, 0.3) is 0 Å². The van der Waals surface area contributed by atoms with Gasteiger partial charge in [-0.25, -0.2) is 0 Å². The Labute approximate surface area is 96.2 Å². The highest BCUT2D eigenvalue weighted by atomic mass is 16.5. The largest absolute Gasteiger partial charge is 0.469 e. The molecule has 0 unspecified atom stereocenters. The predicted molar refractivity (Wildman–Crippen MR) is 61.8 cm³/mol. The van der Waals surface area contributed by atoms with Crippen LogP contribution in [0.1, 0.15) is 18.4 Å². The van der Waals surface area contributed by atoms with Crippen molar-refractivity contribution in [2.45, 2.75) is 19.4 Å². The second kappa shape index (κ2) is 6.95. The highest BCUT2D eigenvalue weighted by Crippen LogP contribution is 2.02. The van der Waals surface area contributed by atoms with E-state index >= 15 is 0 Å². The summed E-state index contributed by atoms with van der Waals surface area (Å²) in [5.74, 6) is -0.141. The maximum atomic E-state index is 10.9. The molecule has 0 aliphatic carbocycles. The van der Waals surface area contributed by atoms with E-state index in [-0.39, 0.29) is 5.97 Å². The molecule has 88 valence electrons. The lowest BCUT2D eigenvalue weighted by Gasteiger charge is -2.15. The maximum Gasteiger partial charge on any atom is 0.305 e. The van der Waals surface area contributed by atoms with Gasteiger partial charge in [-0.05, 0) is 37.7 Å². The molecular formula is C12H18N2O2. The average molecular weight is 222 g/mol. The van der Waals surface area contributed by atoms with Gasteiger partial charge >= 0.3 is 5.97 Å². The number of esters is 1. The van der Waals surface area contributed by atoms with E-state index in [1.165, 1.54) is 12.7 Å². The molecule has 0 aromatic carbocycles. The van der Waals surface area contributed by atoms with E-state index < -0.39 is 0 Å². The number of pyridine rings is 1. The monoisotopic (exact) mass is 222 g/mol. The van der Waals surface area contributed by atoms with Crippen molar-refractivity contribution in [3.63, 3.8) is 0 Å². The molecule has 4 nitrogen and oxygen atoms in total. The van der Waals surface area contributed by atoms with Crippen LogP contribution in [0.4, 0.5) is 0 Å². The van der Waals surface area contributed by atoms with Gasteiger partial charge < -0.3 is 9.64 Å². The Kier molecular flexibility index (Phi) is 5.50. The lowest BCUT2D eigenvalue weighted by molar-refractivity contribution is -0.140. The van der Waals surface area contributed by atoms with Crippen molar-refractivity contribution < 1.29 is 9.53 Å². The van der Waals surface area contributed by atoms with Gasteiger partial charge in [-0.2, -0.15) is 0 Å². The summed E-state index contributed by atoms with van der Waals surface area (Å²) in [4.78, 5) is 17.1. The maximum absolute atomic E-state index is 10.9. The van der Waals surface area contributed by atoms with Crippen LogP contribution in [-0.4, -0.2) is 36.6 Å². The van der Waals surface area contributed by atoms with E-state index in [0.717, 1.165) is 19.5 Å². The lowest BCUT2D eigenvalue weighted by Crippen LogP contribution is -2.20. The van der Waals surface area contributed by atoms with E-state index in [0.29, 0.717) is 6.42 Å². The third kappa shape index (κ3) is 4.89. The number of ether oxygens (including phenoxy) is 1. The fraction of sp³-hybridized carbons (Fsp3) is 0.500. The van der Waals surface area contributed by atoms with Crippen LogP contribution < -0.4 is 0 Å². The fourth-order valence-corrected chi connectivity index (χ4v) is 1.47. The Morgan fingerprint density at radius 2 is 2.12 bits per heavy atom. The van der Waals surface area contributed by atoms with Crippen LogP contribution in [0.2, 0.25) is 0 Å². The molecule has 0 fully saturated rings. The summed E-state index contributed by atoms with van der Waals surface area (Å²) in [6, 6.07) is 3.99. The van der Waals surface area contributed by atoms with Crippen LogP contribution in [0.5, 0.6) is 0 Å². The first-order chi connectivity index (χ1) is 7.72. The summed E-state index contributed by atoms with van der Waals surface area (Å²) in [5.41, 5.74) is 1.23. The van der Waals surface area contributed by atoms with Crippen LogP contribution in [-0.2, 0) is 16.1 Å². The first kappa shape index (κ1) is 12.6. The molecule has 4 heteroatoms. The molecule has 1 aromatic heterocycles. The SMILES string of the molecule is COC(=O)CCCN(C)Cc1ccncc1. The molecule has 0 atom stereocenters. The molecule has 16 heavy (non-hydrogen) atoms. The van der Waals surface area contributed by atoms with E-state index in [9.17, 15) is 4.79 Å². The van der Waals surface area contributed by atoms with Crippen molar-refractivity contribution >= 4 is 5.97 Å². The average Bonchev–Trinajstić information content (AvgIpc) is 2.30. The van der Waals surface area contributed by atoms with Gasteiger partial charge in [0.25, 0.3) is 0 Å². The molecule has 1 rings (SSSR count). The molecule has 0 bridgehead atoms. The van der Waals surface area contributed by atoms with Gasteiger partial charge in [-0.15, -0.1) is 0 Å². The van der Waals surface area contributed by atoms with E-state index in [2.05, 4.69) is 14.6 Å². The summed E-state index contributed by atoms with van der Waals surface area (Å²) >= 11 is 0. The quantitative estimate of drug-likeness (QED) is 0.683. The molecule has 0 saturated heterocycles. The van der Waals surface area contributed by atoms with Crippen molar-refractivity contribution in [1.29, 1.82) is 0 Å². The third-order valence-electron chi connectivity index (χ3n) is 2.35. The van der Waals surface area contributed by atoms with Crippen LogP contribution in [0.15, 0.2) is 24.5 Å². The number of aromatic nitrogens is 1. The summed E-state index contributed by atoms with van der Waals surface area (Å²) in [7, 11) is 3.46. The molecule has 0 aliphatic heterocycles. The summed E-state index contributed by atoms with van der Waals surface area (Å²) in [6.45, 7) is 1.76. The van der Waals surface area contributed by atoms with Crippen LogP contribution >= 0.6 is 0 Å². The molecule has 0 aliphatic rings. The number of carbonyl (C=O) groups excluding carboxylic acids is 1. The lowest BCUT2D eigenvalue weighted by atomic mass is 10.2. The number of rotatable bonds is 6. The fourth-order valence-electron chi connectivity index (χ4n) is 1.47. The minimum atomic E-state index is -0.141. The van der Waals surface area contributed by atoms with Gasteiger partial charge in [-0.3, -0.25) is 9.78 Å². The summed E-state index contributed by atoms with van der Waals surface area (Å²) < 4.78 is 4.58. The van der Waals surface area contributed by atoms with E-state index in [1.807, 2.05) is 19.2 Å². The van der Waals surface area contributed by atoms with E-state index in [1.54, 1.807) is 12.4 Å². The Morgan fingerprint density at radius 1 is 1.44 bits per heavy atom. The second-order valence-corrected chi connectivity index (χ2v) is 3.77. The van der Waals surface area contributed by atoms with Crippen molar-refractivity contribution in [2.24, 2.45) is 0 Å². The van der Waals surface area contributed by atoms with Gasteiger partial charge in [-0.1, -0.05) is 0 Å². The molecule has 0 saturated carbocycles. The number of hydrogen-bond acceptors (Lipinski definition) is 4. The Morgan fingerprint density at radius 3 is 2.75 bits per heavy atom. The number of methoxy groups -OCH3 is 1. The molecular weight excluding hydrogens is 204 g/mol. The van der Waals surface area contributed by atoms with Crippen LogP contribution in [0.3, 0.4) is 0 Å². The van der Waals surface area contributed by atoms with Crippen LogP contribution in [0, 0.1) is 0 Å². The zero-order valence-corrected chi connectivity index (χ0v) is 9.85. The Bertz CT molecular complexity index is 314. The van der Waals surface area contributed by atoms with Crippen molar-refractivity contribution in [1.82, 2.24) is 9.88 Å². The zero-order chi connectivity index (χ0) is 11.8. The molecule has 0 radical (unpaired) electrons. The molecule has 0 N–H and O–H groups in total. The zero-order valence-electron chi connectivity index (χ0n) is 9.85. The predicted octanol–water partition coefficient (Wildman–Crippen LogP) is 1.47. The summed E-state index contributed by atoms with van der Waals surface area (Å²) in [6.07, 6.45) is 4.89. The third-order valence-corrected chi connectivity index (χ3v) is 2.35. The minimum Gasteiger partial charge on any atom is -0.469 e. The smallest absolute Gasteiger partial charge is 0.305 e. The van der Waals surface area contributed by atoms with Gasteiger partial charge in [0.2, 0.25) is 0 Å². The molecule has 0 amide bonds. The van der Waals surface area contributed by atoms with Gasteiger partial charge in [0.1, 0.15) is 0 Å². The van der Waals surface area contributed by atoms with E-state index in [4.69, 9.17) is 0 Å². The first-order valence-electron chi connectivity index (χ1n) is 5.36. The molecule has 1 heterocycles. The normalized spacial score (nSPS) is 10.4. The van der Waals surface area contributed by atoms with Gasteiger partial charge in [0.05, 0.1) is 7.11 Å². The highest BCUT2D eigenvalue weighted by molar-refractivity contribution is 5.69. The van der Waals surface area contributed by atoms with Crippen molar-refractivity contribution in [3.8, 4) is 0 Å². The molecule has 0 spiro atoms. The minimum absolute atomic E-state index is 0.141. The highest BCUT2D eigenvalue weighted by Gasteiger charge is 2.03. The van der Waals surface area contributed by atoms with Gasteiger partial charge in [0.15, 0.2) is 0 Å². The summed E-state index contributed by atoms with van der Waals surface area (Å²) in [5, 5.41) is 0. The second-order valence-electron chi connectivity index (χ2n) is 3.77. The number of carbonyl (C=O) groups is 1. The Balaban J connectivity index is 2.21. The number of nitrogens with zero attached hydrogens (tertiary/aromatic N) is 2. The topological polar surface area (TPSA) is 42.4 Å². The first-order valence-corrected chi connectivity index (χ1v) is 5.36. The van der Waals surface area contributed by atoms with Crippen molar-refractivity contribution in [2.75, 3.05) is 20.7 Å². The van der Waals surface area contributed by atoms with Gasteiger partial charge in [0, 0.05) is 25.4 Å². The Hall–Kier alpha value is -1.42. The molecule has 1 aromatic rings. The van der Waals surface area contributed by atoms with Crippen molar-refractivity contribution in [3.05, 3.63) is 30.1 Å².